The first kappa shape index (κ1) is 14.5. The number of hydrogen-bond acceptors (Lipinski definition) is 3. The predicted molar refractivity (Wildman–Crippen MR) is 76.8 cm³/mol. The SMILES string of the molecule is OCCN(Cc1ccccc1)CC1(O)CCCCC1. The van der Waals surface area contributed by atoms with Crippen molar-refractivity contribution >= 4 is 0 Å². The van der Waals surface area contributed by atoms with Crippen molar-refractivity contribution in [2.24, 2.45) is 0 Å². The second-order valence-corrected chi connectivity index (χ2v) is 5.70. The summed E-state index contributed by atoms with van der Waals surface area (Å²) in [5.41, 5.74) is 0.678. The predicted octanol–water partition coefficient (Wildman–Crippen LogP) is 2.18. The van der Waals surface area contributed by atoms with Crippen LogP contribution in [0.15, 0.2) is 30.3 Å². The van der Waals surface area contributed by atoms with E-state index >= 15 is 0 Å². The van der Waals surface area contributed by atoms with E-state index in [1.807, 2.05) is 18.2 Å². The first-order chi connectivity index (χ1) is 9.22. The van der Waals surface area contributed by atoms with E-state index in [9.17, 15) is 10.2 Å². The molecule has 1 aliphatic carbocycles. The highest BCUT2D eigenvalue weighted by Gasteiger charge is 2.31. The lowest BCUT2D eigenvalue weighted by atomic mass is 9.84. The molecule has 106 valence electrons. The normalized spacial score (nSPS) is 18.7. The molecule has 0 amide bonds. The number of nitrogens with zero attached hydrogens (tertiary/aromatic N) is 1. The van der Waals surface area contributed by atoms with Gasteiger partial charge in [0.05, 0.1) is 12.2 Å². The number of aliphatic hydroxyl groups excluding tert-OH is 1. The molecule has 3 heteroatoms. The van der Waals surface area contributed by atoms with E-state index in [0.717, 1.165) is 32.2 Å². The molecule has 0 aliphatic heterocycles. The minimum atomic E-state index is -0.553. The van der Waals surface area contributed by atoms with Crippen LogP contribution in [0.3, 0.4) is 0 Å². The van der Waals surface area contributed by atoms with Crippen LogP contribution in [0.1, 0.15) is 37.7 Å². The monoisotopic (exact) mass is 263 g/mol. The lowest BCUT2D eigenvalue weighted by Crippen LogP contribution is -2.45. The van der Waals surface area contributed by atoms with Crippen molar-refractivity contribution < 1.29 is 10.2 Å². The molecule has 0 aromatic heterocycles. The van der Waals surface area contributed by atoms with Gasteiger partial charge in [-0.15, -0.1) is 0 Å². The highest BCUT2D eigenvalue weighted by atomic mass is 16.3. The van der Waals surface area contributed by atoms with Crippen molar-refractivity contribution in [3.63, 3.8) is 0 Å². The summed E-state index contributed by atoms with van der Waals surface area (Å²) in [5.74, 6) is 0. The Labute approximate surface area is 115 Å². The standard InChI is InChI=1S/C16H25NO2/c18-12-11-17(13-15-7-3-1-4-8-15)14-16(19)9-5-2-6-10-16/h1,3-4,7-8,18-19H,2,5-6,9-14H2. The second kappa shape index (κ2) is 7.04. The molecule has 1 fully saturated rings. The third-order valence-corrected chi connectivity index (χ3v) is 3.97. The van der Waals surface area contributed by atoms with E-state index in [1.165, 1.54) is 12.0 Å². The molecule has 1 aliphatic rings. The van der Waals surface area contributed by atoms with E-state index in [1.54, 1.807) is 0 Å². The topological polar surface area (TPSA) is 43.7 Å². The Hall–Kier alpha value is -0.900. The van der Waals surface area contributed by atoms with Crippen LogP contribution in [-0.2, 0) is 6.54 Å². The molecule has 0 radical (unpaired) electrons. The van der Waals surface area contributed by atoms with Crippen molar-refractivity contribution in [3.05, 3.63) is 35.9 Å². The molecule has 0 unspecified atom stereocenters. The fourth-order valence-electron chi connectivity index (χ4n) is 2.98. The average Bonchev–Trinajstić information content (AvgIpc) is 2.40. The Balaban J connectivity index is 1.95. The Morgan fingerprint density at radius 2 is 1.74 bits per heavy atom. The number of benzene rings is 1. The van der Waals surface area contributed by atoms with Crippen LogP contribution in [0.4, 0.5) is 0 Å². The van der Waals surface area contributed by atoms with E-state index in [-0.39, 0.29) is 6.61 Å². The summed E-state index contributed by atoms with van der Waals surface area (Å²) in [6.07, 6.45) is 5.26. The molecule has 2 N–H and O–H groups in total. The third-order valence-electron chi connectivity index (χ3n) is 3.97. The van der Waals surface area contributed by atoms with Crippen molar-refractivity contribution in [1.82, 2.24) is 4.90 Å². The van der Waals surface area contributed by atoms with Gasteiger partial charge < -0.3 is 10.2 Å². The number of rotatable bonds is 6. The Bertz CT molecular complexity index is 360. The molecule has 0 atom stereocenters. The zero-order valence-corrected chi connectivity index (χ0v) is 11.6. The molecular weight excluding hydrogens is 238 g/mol. The molecular formula is C16H25NO2. The van der Waals surface area contributed by atoms with Gasteiger partial charge in [-0.2, -0.15) is 0 Å². The van der Waals surface area contributed by atoms with Gasteiger partial charge in [-0.1, -0.05) is 49.6 Å². The summed E-state index contributed by atoms with van der Waals surface area (Å²) in [6, 6.07) is 10.3. The quantitative estimate of drug-likeness (QED) is 0.827. The smallest absolute Gasteiger partial charge is 0.0774 e. The van der Waals surface area contributed by atoms with E-state index in [4.69, 9.17) is 0 Å². The zero-order valence-electron chi connectivity index (χ0n) is 11.6. The number of hydrogen-bond donors (Lipinski definition) is 2. The van der Waals surface area contributed by atoms with Crippen LogP contribution < -0.4 is 0 Å². The Morgan fingerprint density at radius 3 is 2.37 bits per heavy atom. The van der Waals surface area contributed by atoms with Crippen LogP contribution in [-0.4, -0.2) is 40.4 Å². The van der Waals surface area contributed by atoms with Gasteiger partial charge in [0.1, 0.15) is 0 Å². The van der Waals surface area contributed by atoms with E-state index < -0.39 is 5.60 Å². The van der Waals surface area contributed by atoms with Gasteiger partial charge in [-0.25, -0.2) is 0 Å². The number of aliphatic hydroxyl groups is 2. The first-order valence-electron chi connectivity index (χ1n) is 7.31. The largest absolute Gasteiger partial charge is 0.395 e. The fraction of sp³-hybridized carbons (Fsp3) is 0.625. The molecule has 1 saturated carbocycles. The van der Waals surface area contributed by atoms with Crippen LogP contribution in [0.2, 0.25) is 0 Å². The van der Waals surface area contributed by atoms with Gasteiger partial charge in [0.2, 0.25) is 0 Å². The molecule has 0 heterocycles. The first-order valence-corrected chi connectivity index (χ1v) is 7.31. The summed E-state index contributed by atoms with van der Waals surface area (Å²) in [7, 11) is 0. The minimum absolute atomic E-state index is 0.142. The summed E-state index contributed by atoms with van der Waals surface area (Å²) >= 11 is 0. The van der Waals surface area contributed by atoms with Gasteiger partial charge in [0.15, 0.2) is 0 Å². The van der Waals surface area contributed by atoms with Crippen molar-refractivity contribution in [2.45, 2.75) is 44.2 Å². The molecule has 0 saturated heterocycles. The van der Waals surface area contributed by atoms with E-state index in [0.29, 0.717) is 13.1 Å². The summed E-state index contributed by atoms with van der Waals surface area (Å²) < 4.78 is 0. The lowest BCUT2D eigenvalue weighted by Gasteiger charge is -2.37. The summed E-state index contributed by atoms with van der Waals surface area (Å²) in [4.78, 5) is 2.17. The lowest BCUT2D eigenvalue weighted by molar-refractivity contribution is -0.0306. The maximum absolute atomic E-state index is 10.6. The molecule has 3 nitrogen and oxygen atoms in total. The van der Waals surface area contributed by atoms with Crippen molar-refractivity contribution in [1.29, 1.82) is 0 Å². The average molecular weight is 263 g/mol. The molecule has 0 bridgehead atoms. The highest BCUT2D eigenvalue weighted by Crippen LogP contribution is 2.29. The summed E-state index contributed by atoms with van der Waals surface area (Å²) in [5, 5.41) is 19.8. The van der Waals surface area contributed by atoms with Gasteiger partial charge in [-0.3, -0.25) is 4.90 Å². The van der Waals surface area contributed by atoms with Crippen LogP contribution in [0.25, 0.3) is 0 Å². The van der Waals surface area contributed by atoms with Crippen LogP contribution >= 0.6 is 0 Å². The molecule has 2 rings (SSSR count). The highest BCUT2D eigenvalue weighted by molar-refractivity contribution is 5.14. The summed E-state index contributed by atoms with van der Waals surface area (Å²) in [6.45, 7) is 2.23. The van der Waals surface area contributed by atoms with Gasteiger partial charge in [0, 0.05) is 19.6 Å². The maximum Gasteiger partial charge on any atom is 0.0774 e. The van der Waals surface area contributed by atoms with Crippen molar-refractivity contribution in [3.8, 4) is 0 Å². The van der Waals surface area contributed by atoms with Gasteiger partial charge in [0.25, 0.3) is 0 Å². The fourth-order valence-corrected chi connectivity index (χ4v) is 2.98. The molecule has 19 heavy (non-hydrogen) atoms. The van der Waals surface area contributed by atoms with E-state index in [2.05, 4.69) is 17.0 Å². The van der Waals surface area contributed by atoms with Gasteiger partial charge in [-0.05, 0) is 18.4 Å². The molecule has 1 aromatic rings. The zero-order chi connectivity index (χ0) is 13.6. The second-order valence-electron chi connectivity index (χ2n) is 5.70. The third kappa shape index (κ3) is 4.60. The van der Waals surface area contributed by atoms with Gasteiger partial charge >= 0.3 is 0 Å². The maximum atomic E-state index is 10.6. The Morgan fingerprint density at radius 1 is 1.05 bits per heavy atom. The Kier molecular flexibility index (Phi) is 5.37. The van der Waals surface area contributed by atoms with Crippen LogP contribution in [0.5, 0.6) is 0 Å². The molecule has 1 aromatic carbocycles. The minimum Gasteiger partial charge on any atom is -0.395 e. The van der Waals surface area contributed by atoms with Crippen LogP contribution in [0, 0.1) is 0 Å². The van der Waals surface area contributed by atoms with Crippen molar-refractivity contribution in [2.75, 3.05) is 19.7 Å². The molecule has 0 spiro atoms.